The lowest BCUT2D eigenvalue weighted by Gasteiger charge is -2.40. The summed E-state index contributed by atoms with van der Waals surface area (Å²) in [4.78, 5) is 34.1. The molecule has 1 aromatic carbocycles. The van der Waals surface area contributed by atoms with Gasteiger partial charge >= 0.3 is 0 Å². The Balaban J connectivity index is 1.14. The second-order valence-electron chi connectivity index (χ2n) is 9.93. The fourth-order valence-electron chi connectivity index (χ4n) is 5.82. The molecule has 1 amide bonds. The minimum atomic E-state index is -0.225. The summed E-state index contributed by atoms with van der Waals surface area (Å²) in [5, 5.41) is 0. The molecule has 6 rings (SSSR count). The number of imidazole rings is 1. The monoisotopic (exact) mass is 477 g/mol. The Bertz CT molecular complexity index is 1200. The van der Waals surface area contributed by atoms with E-state index in [-0.39, 0.29) is 17.6 Å². The molecule has 0 saturated carbocycles. The fourth-order valence-corrected chi connectivity index (χ4v) is 5.82. The summed E-state index contributed by atoms with van der Waals surface area (Å²) < 4.78 is 15.5. The molecule has 0 spiro atoms. The van der Waals surface area contributed by atoms with E-state index in [0.29, 0.717) is 19.6 Å². The van der Waals surface area contributed by atoms with Gasteiger partial charge in [-0.1, -0.05) is 6.42 Å². The van der Waals surface area contributed by atoms with E-state index in [1.807, 2.05) is 17.0 Å². The average molecular weight is 478 g/mol. The van der Waals surface area contributed by atoms with Crippen LogP contribution in [0.25, 0.3) is 11.2 Å². The van der Waals surface area contributed by atoms with Crippen LogP contribution < -0.4 is 9.80 Å². The van der Waals surface area contributed by atoms with Crippen LogP contribution in [0.5, 0.6) is 0 Å². The van der Waals surface area contributed by atoms with Crippen LogP contribution in [0.3, 0.4) is 0 Å². The highest BCUT2D eigenvalue weighted by atomic mass is 19.1. The number of aromatic nitrogens is 4. The van der Waals surface area contributed by atoms with Gasteiger partial charge in [-0.25, -0.2) is 19.3 Å². The van der Waals surface area contributed by atoms with Crippen molar-refractivity contribution in [1.82, 2.24) is 24.4 Å². The molecule has 0 bridgehead atoms. The number of hydrogen-bond donors (Lipinski definition) is 0. The van der Waals surface area contributed by atoms with Crippen molar-refractivity contribution in [2.75, 3.05) is 49.1 Å². The summed E-state index contributed by atoms with van der Waals surface area (Å²) in [5.41, 5.74) is 2.82. The number of amides is 1. The highest BCUT2D eigenvalue weighted by Crippen LogP contribution is 2.30. The average Bonchev–Trinajstić information content (AvgIpc) is 3.09. The molecule has 3 aliphatic rings. The Morgan fingerprint density at radius 2 is 1.71 bits per heavy atom. The van der Waals surface area contributed by atoms with Gasteiger partial charge in [-0.3, -0.25) is 4.79 Å². The van der Waals surface area contributed by atoms with Gasteiger partial charge in [0.05, 0.1) is 5.92 Å². The van der Waals surface area contributed by atoms with E-state index < -0.39 is 0 Å². The van der Waals surface area contributed by atoms with Crippen LogP contribution in [0.2, 0.25) is 0 Å². The van der Waals surface area contributed by atoms with Crippen LogP contribution in [0, 0.1) is 11.7 Å². The van der Waals surface area contributed by atoms with Crippen molar-refractivity contribution in [3.8, 4) is 0 Å². The number of fused-ring (bicyclic) bond motifs is 3. The van der Waals surface area contributed by atoms with Gasteiger partial charge in [0.25, 0.3) is 0 Å². The molecule has 2 saturated heterocycles. The van der Waals surface area contributed by atoms with Crippen LogP contribution >= 0.6 is 0 Å². The van der Waals surface area contributed by atoms with Gasteiger partial charge in [0.2, 0.25) is 5.91 Å². The number of halogens is 1. The second kappa shape index (κ2) is 9.43. The molecule has 35 heavy (non-hydrogen) atoms. The quantitative estimate of drug-likeness (QED) is 0.577. The maximum atomic E-state index is 13.5. The zero-order valence-corrected chi connectivity index (χ0v) is 20.1. The number of carbonyl (C=O) groups is 1. The Kier molecular flexibility index (Phi) is 6.00. The van der Waals surface area contributed by atoms with Crippen molar-refractivity contribution in [3.05, 3.63) is 42.2 Å². The van der Waals surface area contributed by atoms with E-state index in [0.717, 1.165) is 80.4 Å². The molecule has 3 aliphatic heterocycles. The third kappa shape index (κ3) is 4.32. The normalized spacial score (nSPS) is 21.2. The molecule has 2 fully saturated rings. The fraction of sp³-hybridized carbons (Fsp3) is 0.538. The maximum Gasteiger partial charge on any atom is 0.227 e. The molecule has 5 heterocycles. The number of piperazine rings is 1. The molecule has 3 aromatic rings. The van der Waals surface area contributed by atoms with Crippen molar-refractivity contribution < 1.29 is 9.18 Å². The third-order valence-corrected chi connectivity index (χ3v) is 7.73. The Labute approximate surface area is 204 Å². The SMILES string of the molecule is O=C([C@@H]1CCCN(c2ncnc3c2nc2n3CCCCC2)C1)N1CCN(c2ccc(F)cc2)CC1. The largest absolute Gasteiger partial charge is 0.368 e. The third-order valence-electron chi connectivity index (χ3n) is 7.73. The predicted octanol–water partition coefficient (Wildman–Crippen LogP) is 3.26. The lowest BCUT2D eigenvalue weighted by atomic mass is 9.96. The van der Waals surface area contributed by atoms with Gasteiger partial charge in [0.1, 0.15) is 18.0 Å². The molecule has 2 aromatic heterocycles. The Morgan fingerprint density at radius 1 is 0.886 bits per heavy atom. The molecule has 9 heteroatoms. The predicted molar refractivity (Wildman–Crippen MR) is 133 cm³/mol. The van der Waals surface area contributed by atoms with Gasteiger partial charge in [-0.15, -0.1) is 0 Å². The smallest absolute Gasteiger partial charge is 0.227 e. The van der Waals surface area contributed by atoms with Crippen molar-refractivity contribution >= 4 is 28.6 Å². The standard InChI is InChI=1S/C26H32FN7O/c27-20-7-9-21(10-8-20)31-13-15-32(16-14-31)26(35)19-5-4-11-33(17-19)24-23-25(29-18-28-24)34-12-3-1-2-6-22(34)30-23/h7-10,18-19H,1-6,11-17H2/t19-/m1/s1. The van der Waals surface area contributed by atoms with Gasteiger partial charge in [0.15, 0.2) is 17.0 Å². The number of piperidine rings is 1. The van der Waals surface area contributed by atoms with Gasteiger partial charge in [0, 0.05) is 57.9 Å². The highest BCUT2D eigenvalue weighted by Gasteiger charge is 2.33. The summed E-state index contributed by atoms with van der Waals surface area (Å²) >= 11 is 0. The van der Waals surface area contributed by atoms with Gasteiger partial charge < -0.3 is 19.3 Å². The van der Waals surface area contributed by atoms with E-state index >= 15 is 0 Å². The number of benzene rings is 1. The van der Waals surface area contributed by atoms with E-state index in [1.54, 1.807) is 6.33 Å². The van der Waals surface area contributed by atoms with Crippen molar-refractivity contribution in [2.24, 2.45) is 5.92 Å². The van der Waals surface area contributed by atoms with Crippen LogP contribution in [0.4, 0.5) is 15.9 Å². The number of nitrogens with zero attached hydrogens (tertiary/aromatic N) is 7. The number of carbonyl (C=O) groups excluding carboxylic acids is 1. The van der Waals surface area contributed by atoms with E-state index in [9.17, 15) is 9.18 Å². The molecule has 184 valence electrons. The van der Waals surface area contributed by atoms with E-state index in [1.165, 1.54) is 25.0 Å². The summed E-state index contributed by atoms with van der Waals surface area (Å²) in [6.07, 6.45) is 8.06. The minimum Gasteiger partial charge on any atom is -0.368 e. The zero-order chi connectivity index (χ0) is 23.8. The minimum absolute atomic E-state index is 0.0356. The molecular weight excluding hydrogens is 445 g/mol. The summed E-state index contributed by atoms with van der Waals surface area (Å²) in [7, 11) is 0. The van der Waals surface area contributed by atoms with Crippen LogP contribution in [0.1, 0.15) is 37.9 Å². The van der Waals surface area contributed by atoms with Crippen molar-refractivity contribution in [3.63, 3.8) is 0 Å². The molecule has 1 atom stereocenters. The van der Waals surface area contributed by atoms with Crippen molar-refractivity contribution in [1.29, 1.82) is 0 Å². The van der Waals surface area contributed by atoms with E-state index in [2.05, 4.69) is 24.3 Å². The Morgan fingerprint density at radius 3 is 2.54 bits per heavy atom. The topological polar surface area (TPSA) is 70.4 Å². The molecule has 8 nitrogen and oxygen atoms in total. The molecule has 0 unspecified atom stereocenters. The number of hydrogen-bond acceptors (Lipinski definition) is 6. The van der Waals surface area contributed by atoms with Gasteiger partial charge in [-0.2, -0.15) is 0 Å². The second-order valence-corrected chi connectivity index (χ2v) is 9.93. The highest BCUT2D eigenvalue weighted by molar-refractivity contribution is 5.85. The lowest BCUT2D eigenvalue weighted by molar-refractivity contribution is -0.136. The molecule has 0 N–H and O–H groups in total. The molecule has 0 radical (unpaired) electrons. The lowest BCUT2D eigenvalue weighted by Crippen LogP contribution is -2.52. The number of rotatable bonds is 3. The van der Waals surface area contributed by atoms with Crippen molar-refractivity contribution in [2.45, 2.75) is 45.1 Å². The maximum absolute atomic E-state index is 13.5. The van der Waals surface area contributed by atoms with Crippen LogP contribution in [0.15, 0.2) is 30.6 Å². The van der Waals surface area contributed by atoms with Gasteiger partial charge in [-0.05, 0) is 49.9 Å². The molecule has 0 aliphatic carbocycles. The first kappa shape index (κ1) is 22.2. The Hall–Kier alpha value is -3.23. The van der Waals surface area contributed by atoms with Crippen LogP contribution in [-0.2, 0) is 17.8 Å². The zero-order valence-electron chi connectivity index (χ0n) is 20.1. The molecular formula is C26H32FN7O. The summed E-state index contributed by atoms with van der Waals surface area (Å²) in [5.74, 6) is 1.96. The first-order chi connectivity index (χ1) is 17.2. The first-order valence-corrected chi connectivity index (χ1v) is 12.9. The van der Waals surface area contributed by atoms with E-state index in [4.69, 9.17) is 4.98 Å². The first-order valence-electron chi connectivity index (χ1n) is 12.9. The summed E-state index contributed by atoms with van der Waals surface area (Å²) in [6.45, 7) is 5.44. The number of anilines is 2. The van der Waals surface area contributed by atoms with Crippen LogP contribution in [-0.4, -0.2) is 69.6 Å². The number of aryl methyl sites for hydroxylation is 2. The summed E-state index contributed by atoms with van der Waals surface area (Å²) in [6, 6.07) is 6.60.